The Morgan fingerprint density at radius 2 is 1.22 bits per heavy atom. The number of para-hydroxylation sites is 1. The van der Waals surface area contributed by atoms with E-state index in [0.29, 0.717) is 0 Å². The summed E-state index contributed by atoms with van der Waals surface area (Å²) in [5.41, 5.74) is 2.59. The number of benzene rings is 3. The summed E-state index contributed by atoms with van der Waals surface area (Å²) >= 11 is 0. The van der Waals surface area contributed by atoms with Crippen LogP contribution in [0.1, 0.15) is 23.6 Å². The van der Waals surface area contributed by atoms with Gasteiger partial charge in [0.15, 0.2) is 11.9 Å². The lowest BCUT2D eigenvalue weighted by molar-refractivity contribution is -0.152. The average molecular weight is 302 g/mol. The lowest BCUT2D eigenvalue weighted by Gasteiger charge is -2.42. The minimum absolute atomic E-state index is 0.328. The molecule has 0 amide bonds. The first-order valence-corrected chi connectivity index (χ1v) is 7.86. The predicted molar refractivity (Wildman–Crippen MR) is 90.4 cm³/mol. The van der Waals surface area contributed by atoms with Crippen LogP contribution in [-0.4, -0.2) is 6.29 Å². The summed E-state index contributed by atoms with van der Waals surface area (Å²) in [6, 6.07) is 28.8. The Balaban J connectivity index is 2.05. The quantitative estimate of drug-likeness (QED) is 0.681. The Hall–Kier alpha value is -2.58. The average Bonchev–Trinajstić information content (AvgIpc) is 2.62. The van der Waals surface area contributed by atoms with Crippen molar-refractivity contribution in [2.45, 2.75) is 18.8 Å². The Kier molecular flexibility index (Phi) is 3.40. The fraction of sp³-hybridized carbons (Fsp3) is 0.143. The molecule has 2 nitrogen and oxygen atoms in total. The normalized spacial score (nSPS) is 18.7. The fourth-order valence-corrected chi connectivity index (χ4v) is 3.34. The lowest BCUT2D eigenvalue weighted by atomic mass is 9.79. The molecule has 0 bridgehead atoms. The first kappa shape index (κ1) is 14.0. The molecule has 1 atom stereocenters. The zero-order chi connectivity index (χ0) is 15.7. The van der Waals surface area contributed by atoms with Crippen LogP contribution in [-0.2, 0) is 10.3 Å². The molecule has 3 aromatic rings. The SMILES string of the molecule is CC1Oc2ccccc2C(c2ccccc2)(c2ccccc2)O1. The van der Waals surface area contributed by atoms with E-state index >= 15 is 0 Å². The van der Waals surface area contributed by atoms with Gasteiger partial charge in [0.2, 0.25) is 0 Å². The standard InChI is InChI=1S/C21H18O2/c1-16-22-20-15-9-8-14-19(20)21(23-16,17-10-4-2-5-11-17)18-12-6-3-7-13-18/h2-16H,1H3. The van der Waals surface area contributed by atoms with Crippen LogP contribution in [0.3, 0.4) is 0 Å². The van der Waals surface area contributed by atoms with Gasteiger partial charge < -0.3 is 9.47 Å². The molecule has 2 heteroatoms. The Morgan fingerprint density at radius 3 is 1.83 bits per heavy atom. The van der Waals surface area contributed by atoms with Crippen LogP contribution in [0.4, 0.5) is 0 Å². The van der Waals surface area contributed by atoms with Gasteiger partial charge in [-0.1, -0.05) is 78.9 Å². The molecule has 0 fully saturated rings. The van der Waals surface area contributed by atoms with Gasteiger partial charge in [0.25, 0.3) is 0 Å². The molecule has 114 valence electrons. The molecule has 23 heavy (non-hydrogen) atoms. The van der Waals surface area contributed by atoms with Gasteiger partial charge in [0, 0.05) is 5.56 Å². The first-order valence-electron chi connectivity index (χ1n) is 7.86. The highest BCUT2D eigenvalue weighted by atomic mass is 16.7. The molecule has 0 saturated carbocycles. The smallest absolute Gasteiger partial charge is 0.198 e. The molecule has 0 aliphatic carbocycles. The zero-order valence-electron chi connectivity index (χ0n) is 13.0. The number of hydrogen-bond acceptors (Lipinski definition) is 2. The molecular formula is C21H18O2. The van der Waals surface area contributed by atoms with Crippen molar-refractivity contribution >= 4 is 0 Å². The summed E-state index contributed by atoms with van der Waals surface area (Å²) in [7, 11) is 0. The van der Waals surface area contributed by atoms with E-state index in [1.165, 1.54) is 0 Å². The monoisotopic (exact) mass is 302 g/mol. The van der Waals surface area contributed by atoms with E-state index in [4.69, 9.17) is 9.47 Å². The fourth-order valence-electron chi connectivity index (χ4n) is 3.34. The minimum Gasteiger partial charge on any atom is -0.465 e. The third kappa shape index (κ3) is 2.23. The maximum atomic E-state index is 6.45. The zero-order valence-corrected chi connectivity index (χ0v) is 13.0. The second-order valence-electron chi connectivity index (χ2n) is 5.71. The van der Waals surface area contributed by atoms with E-state index in [1.807, 2.05) is 61.5 Å². The molecule has 1 heterocycles. The van der Waals surface area contributed by atoms with Crippen molar-refractivity contribution in [1.29, 1.82) is 0 Å². The molecule has 1 unspecified atom stereocenters. The third-order valence-electron chi connectivity index (χ3n) is 4.26. The topological polar surface area (TPSA) is 18.5 Å². The highest BCUT2D eigenvalue weighted by Crippen LogP contribution is 2.47. The van der Waals surface area contributed by atoms with E-state index in [-0.39, 0.29) is 6.29 Å². The molecule has 3 aromatic carbocycles. The Bertz CT molecular complexity index is 757. The van der Waals surface area contributed by atoms with E-state index in [1.54, 1.807) is 0 Å². The molecular weight excluding hydrogens is 284 g/mol. The summed E-state index contributed by atoms with van der Waals surface area (Å²) in [5.74, 6) is 0.874. The van der Waals surface area contributed by atoms with Crippen molar-refractivity contribution in [3.63, 3.8) is 0 Å². The van der Waals surface area contributed by atoms with Crippen LogP contribution in [0.5, 0.6) is 5.75 Å². The first-order chi connectivity index (χ1) is 11.3. The number of ether oxygens (including phenoxy) is 2. The summed E-state index contributed by atoms with van der Waals surface area (Å²) in [5, 5.41) is 0. The van der Waals surface area contributed by atoms with Crippen molar-refractivity contribution in [2.24, 2.45) is 0 Å². The van der Waals surface area contributed by atoms with E-state index in [0.717, 1.165) is 22.4 Å². The summed E-state index contributed by atoms with van der Waals surface area (Å²) in [6.45, 7) is 1.94. The van der Waals surface area contributed by atoms with Gasteiger partial charge >= 0.3 is 0 Å². The molecule has 0 radical (unpaired) electrons. The maximum absolute atomic E-state index is 6.45. The highest BCUT2D eigenvalue weighted by molar-refractivity contribution is 5.53. The minimum atomic E-state index is -0.656. The molecule has 4 rings (SSSR count). The van der Waals surface area contributed by atoms with Crippen LogP contribution < -0.4 is 4.74 Å². The predicted octanol–water partition coefficient (Wildman–Crippen LogP) is 4.73. The van der Waals surface area contributed by atoms with Crippen LogP contribution >= 0.6 is 0 Å². The second kappa shape index (κ2) is 5.56. The molecule has 0 saturated heterocycles. The van der Waals surface area contributed by atoms with Crippen molar-refractivity contribution in [3.8, 4) is 5.75 Å². The highest BCUT2D eigenvalue weighted by Gasteiger charge is 2.44. The van der Waals surface area contributed by atoms with Crippen molar-refractivity contribution in [2.75, 3.05) is 0 Å². The Morgan fingerprint density at radius 1 is 0.696 bits per heavy atom. The maximum Gasteiger partial charge on any atom is 0.198 e. The van der Waals surface area contributed by atoms with Crippen LogP contribution in [0.2, 0.25) is 0 Å². The number of hydrogen-bond donors (Lipinski definition) is 0. The largest absolute Gasteiger partial charge is 0.465 e. The van der Waals surface area contributed by atoms with Gasteiger partial charge in [0.05, 0.1) is 0 Å². The molecule has 0 spiro atoms. The third-order valence-corrected chi connectivity index (χ3v) is 4.26. The van der Waals surface area contributed by atoms with Crippen molar-refractivity contribution in [1.82, 2.24) is 0 Å². The van der Waals surface area contributed by atoms with Gasteiger partial charge in [-0.25, -0.2) is 0 Å². The van der Waals surface area contributed by atoms with Gasteiger partial charge in [-0.3, -0.25) is 0 Å². The van der Waals surface area contributed by atoms with Crippen molar-refractivity contribution in [3.05, 3.63) is 102 Å². The van der Waals surface area contributed by atoms with Gasteiger partial charge in [-0.05, 0) is 24.1 Å². The summed E-state index contributed by atoms with van der Waals surface area (Å²) < 4.78 is 12.4. The van der Waals surface area contributed by atoms with E-state index in [2.05, 4.69) is 30.3 Å². The summed E-state index contributed by atoms with van der Waals surface area (Å²) in [6.07, 6.45) is -0.328. The van der Waals surface area contributed by atoms with Crippen LogP contribution in [0.15, 0.2) is 84.9 Å². The summed E-state index contributed by atoms with van der Waals surface area (Å²) in [4.78, 5) is 0. The second-order valence-corrected chi connectivity index (χ2v) is 5.71. The molecule has 1 aliphatic heterocycles. The van der Waals surface area contributed by atoms with Crippen LogP contribution in [0.25, 0.3) is 0 Å². The van der Waals surface area contributed by atoms with Gasteiger partial charge in [-0.2, -0.15) is 0 Å². The number of rotatable bonds is 2. The van der Waals surface area contributed by atoms with E-state index < -0.39 is 5.60 Å². The van der Waals surface area contributed by atoms with Gasteiger partial charge in [-0.15, -0.1) is 0 Å². The molecule has 1 aliphatic rings. The Labute approximate surface area is 136 Å². The molecule has 0 aromatic heterocycles. The van der Waals surface area contributed by atoms with Crippen LogP contribution in [0, 0.1) is 0 Å². The molecule has 0 N–H and O–H groups in total. The lowest BCUT2D eigenvalue weighted by Crippen LogP contribution is -2.42. The van der Waals surface area contributed by atoms with Crippen molar-refractivity contribution < 1.29 is 9.47 Å². The van der Waals surface area contributed by atoms with E-state index in [9.17, 15) is 0 Å². The number of fused-ring (bicyclic) bond motifs is 1. The van der Waals surface area contributed by atoms with Gasteiger partial charge in [0.1, 0.15) is 5.75 Å².